The Hall–Kier alpha value is -2.82. The summed E-state index contributed by atoms with van der Waals surface area (Å²) in [5.74, 6) is 0.117. The Bertz CT molecular complexity index is 711. The molecule has 0 aliphatic heterocycles. The van der Waals surface area contributed by atoms with Crippen molar-refractivity contribution in [3.8, 4) is 5.75 Å². The molecular weight excluding hydrogens is 280 g/mol. The number of methoxy groups -OCH3 is 1. The number of hydrogen-bond donors (Lipinski definition) is 2. The van der Waals surface area contributed by atoms with Crippen molar-refractivity contribution in [3.63, 3.8) is 0 Å². The first-order valence-corrected chi connectivity index (χ1v) is 6.83. The summed E-state index contributed by atoms with van der Waals surface area (Å²) in [6, 6.07) is 12.4. The molecule has 0 spiro atoms. The van der Waals surface area contributed by atoms with Gasteiger partial charge in [-0.2, -0.15) is 0 Å². The highest BCUT2D eigenvalue weighted by molar-refractivity contribution is 6.05. The third-order valence-electron chi connectivity index (χ3n) is 3.05. The molecular formula is C17H18N2O3. The fraction of sp³-hybridized carbons (Fsp3) is 0.176. The average molecular weight is 298 g/mol. The fourth-order valence-electron chi connectivity index (χ4n) is 2.06. The number of carbonyl (C=O) groups is 2. The minimum Gasteiger partial charge on any atom is -0.495 e. The first-order valence-electron chi connectivity index (χ1n) is 6.83. The van der Waals surface area contributed by atoms with Crippen molar-refractivity contribution >= 4 is 23.2 Å². The summed E-state index contributed by atoms with van der Waals surface area (Å²) in [4.78, 5) is 23.4. The van der Waals surface area contributed by atoms with Crippen LogP contribution in [0, 0.1) is 6.92 Å². The predicted molar refractivity (Wildman–Crippen MR) is 86.4 cm³/mol. The van der Waals surface area contributed by atoms with Gasteiger partial charge in [-0.25, -0.2) is 0 Å². The molecule has 0 aliphatic rings. The number of rotatable bonds is 4. The molecule has 114 valence electrons. The normalized spacial score (nSPS) is 9.95. The molecule has 2 rings (SSSR count). The highest BCUT2D eigenvalue weighted by Gasteiger charge is 2.10. The van der Waals surface area contributed by atoms with Crippen molar-refractivity contribution < 1.29 is 14.3 Å². The summed E-state index contributed by atoms with van der Waals surface area (Å²) in [5.41, 5.74) is 2.69. The number of aryl methyl sites for hydroxylation is 1. The summed E-state index contributed by atoms with van der Waals surface area (Å²) in [7, 11) is 1.52. The maximum absolute atomic E-state index is 12.2. The van der Waals surface area contributed by atoms with Gasteiger partial charge in [-0.1, -0.05) is 17.7 Å². The van der Waals surface area contributed by atoms with Gasteiger partial charge in [-0.05, 0) is 37.3 Å². The second kappa shape index (κ2) is 6.76. The van der Waals surface area contributed by atoms with Crippen molar-refractivity contribution in [1.82, 2.24) is 0 Å². The number of hydrogen-bond acceptors (Lipinski definition) is 3. The summed E-state index contributed by atoms with van der Waals surface area (Å²) < 4.78 is 5.18. The molecule has 0 aliphatic carbocycles. The van der Waals surface area contributed by atoms with Crippen LogP contribution in [-0.2, 0) is 4.79 Å². The van der Waals surface area contributed by atoms with Crippen LogP contribution in [0.2, 0.25) is 0 Å². The lowest BCUT2D eigenvalue weighted by molar-refractivity contribution is -0.114. The average Bonchev–Trinajstić information content (AvgIpc) is 2.47. The Balaban J connectivity index is 2.22. The summed E-state index contributed by atoms with van der Waals surface area (Å²) >= 11 is 0. The van der Waals surface area contributed by atoms with Gasteiger partial charge in [-0.15, -0.1) is 0 Å². The molecule has 2 aromatic carbocycles. The lowest BCUT2D eigenvalue weighted by Crippen LogP contribution is -2.13. The molecule has 22 heavy (non-hydrogen) atoms. The van der Waals surface area contributed by atoms with Crippen LogP contribution in [0.5, 0.6) is 5.75 Å². The van der Waals surface area contributed by atoms with Gasteiger partial charge in [0.1, 0.15) is 5.75 Å². The van der Waals surface area contributed by atoms with Gasteiger partial charge >= 0.3 is 0 Å². The number of nitrogens with one attached hydrogen (secondary N) is 2. The minimum absolute atomic E-state index is 0.206. The molecule has 0 atom stereocenters. The van der Waals surface area contributed by atoms with Crippen LogP contribution in [0.4, 0.5) is 11.4 Å². The topological polar surface area (TPSA) is 67.4 Å². The third-order valence-corrected chi connectivity index (χ3v) is 3.05. The van der Waals surface area contributed by atoms with E-state index < -0.39 is 0 Å². The van der Waals surface area contributed by atoms with Gasteiger partial charge in [0.15, 0.2) is 0 Å². The van der Waals surface area contributed by atoms with Crippen LogP contribution in [0.1, 0.15) is 22.8 Å². The van der Waals surface area contributed by atoms with Gasteiger partial charge in [0, 0.05) is 18.2 Å². The highest BCUT2D eigenvalue weighted by Crippen LogP contribution is 2.28. The van der Waals surface area contributed by atoms with Gasteiger partial charge in [0.2, 0.25) is 5.91 Å². The maximum Gasteiger partial charge on any atom is 0.255 e. The predicted octanol–water partition coefficient (Wildman–Crippen LogP) is 3.21. The Morgan fingerprint density at radius 3 is 2.45 bits per heavy atom. The molecule has 0 fully saturated rings. The van der Waals surface area contributed by atoms with E-state index in [1.807, 2.05) is 25.1 Å². The number of benzene rings is 2. The number of carbonyl (C=O) groups excluding carboxylic acids is 2. The van der Waals surface area contributed by atoms with Crippen LogP contribution in [0.15, 0.2) is 42.5 Å². The first-order chi connectivity index (χ1) is 10.5. The van der Waals surface area contributed by atoms with Crippen molar-refractivity contribution in [2.24, 2.45) is 0 Å². The molecule has 0 radical (unpaired) electrons. The zero-order chi connectivity index (χ0) is 16.1. The maximum atomic E-state index is 12.2. The van der Waals surface area contributed by atoms with E-state index in [0.717, 1.165) is 5.56 Å². The number of amides is 2. The summed E-state index contributed by atoms with van der Waals surface area (Å²) in [6.45, 7) is 3.34. The van der Waals surface area contributed by atoms with Crippen molar-refractivity contribution in [1.29, 1.82) is 0 Å². The van der Waals surface area contributed by atoms with Crippen molar-refractivity contribution in [2.45, 2.75) is 13.8 Å². The molecule has 5 heteroatoms. The molecule has 0 saturated carbocycles. The van der Waals surface area contributed by atoms with E-state index in [9.17, 15) is 9.59 Å². The van der Waals surface area contributed by atoms with E-state index in [1.54, 1.807) is 24.3 Å². The van der Waals surface area contributed by atoms with E-state index in [2.05, 4.69) is 10.6 Å². The van der Waals surface area contributed by atoms with Crippen LogP contribution in [0.3, 0.4) is 0 Å². The first kappa shape index (κ1) is 15.6. The monoisotopic (exact) mass is 298 g/mol. The van der Waals surface area contributed by atoms with Crippen molar-refractivity contribution in [3.05, 3.63) is 53.6 Å². The molecule has 0 bridgehead atoms. The lowest BCUT2D eigenvalue weighted by Gasteiger charge is -2.12. The van der Waals surface area contributed by atoms with Crippen LogP contribution in [-0.4, -0.2) is 18.9 Å². The molecule has 2 amide bonds. The van der Waals surface area contributed by atoms with E-state index in [1.165, 1.54) is 14.0 Å². The van der Waals surface area contributed by atoms with Gasteiger partial charge < -0.3 is 15.4 Å². The Morgan fingerprint density at radius 2 is 1.82 bits per heavy atom. The summed E-state index contributed by atoms with van der Waals surface area (Å²) in [5, 5.41) is 5.48. The van der Waals surface area contributed by atoms with Gasteiger partial charge in [0.25, 0.3) is 5.91 Å². The Morgan fingerprint density at radius 1 is 1.05 bits per heavy atom. The van der Waals surface area contributed by atoms with Crippen LogP contribution in [0.25, 0.3) is 0 Å². The smallest absolute Gasteiger partial charge is 0.255 e. The fourth-order valence-corrected chi connectivity index (χ4v) is 2.06. The zero-order valence-electron chi connectivity index (χ0n) is 12.8. The second-order valence-electron chi connectivity index (χ2n) is 4.92. The highest BCUT2D eigenvalue weighted by atomic mass is 16.5. The standard InChI is InChI=1S/C17H18N2O3/c1-11-5-4-6-13(9-11)17(21)19-14-7-8-16(22-3)15(10-14)18-12(2)20/h4-10H,1-3H3,(H,18,20)(H,19,21). The summed E-state index contributed by atoms with van der Waals surface area (Å²) in [6.07, 6.45) is 0. The SMILES string of the molecule is COc1ccc(NC(=O)c2cccc(C)c2)cc1NC(C)=O. The molecule has 0 heterocycles. The molecule has 2 aromatic rings. The van der Waals surface area contributed by atoms with E-state index in [-0.39, 0.29) is 11.8 Å². The largest absolute Gasteiger partial charge is 0.495 e. The molecule has 2 N–H and O–H groups in total. The van der Waals surface area contributed by atoms with E-state index in [0.29, 0.717) is 22.7 Å². The molecule has 0 saturated heterocycles. The van der Waals surface area contributed by atoms with Gasteiger partial charge in [-0.3, -0.25) is 9.59 Å². The Kier molecular flexibility index (Phi) is 4.78. The number of ether oxygens (including phenoxy) is 1. The zero-order valence-corrected chi connectivity index (χ0v) is 12.8. The Labute approximate surface area is 129 Å². The molecule has 5 nitrogen and oxygen atoms in total. The van der Waals surface area contributed by atoms with Gasteiger partial charge in [0.05, 0.1) is 12.8 Å². The molecule has 0 unspecified atom stereocenters. The molecule has 0 aromatic heterocycles. The number of anilines is 2. The second-order valence-corrected chi connectivity index (χ2v) is 4.92. The minimum atomic E-state index is -0.208. The lowest BCUT2D eigenvalue weighted by atomic mass is 10.1. The van der Waals surface area contributed by atoms with Crippen LogP contribution < -0.4 is 15.4 Å². The van der Waals surface area contributed by atoms with Crippen LogP contribution >= 0.6 is 0 Å². The quantitative estimate of drug-likeness (QED) is 0.910. The van der Waals surface area contributed by atoms with E-state index in [4.69, 9.17) is 4.74 Å². The van der Waals surface area contributed by atoms with Crippen molar-refractivity contribution in [2.75, 3.05) is 17.7 Å². The third kappa shape index (κ3) is 3.85. The van der Waals surface area contributed by atoms with E-state index >= 15 is 0 Å².